The van der Waals surface area contributed by atoms with Crippen LogP contribution in [0.25, 0.3) is 0 Å². The summed E-state index contributed by atoms with van der Waals surface area (Å²) >= 11 is 0. The number of hydrogen-bond donors (Lipinski definition) is 1. The highest BCUT2D eigenvalue weighted by molar-refractivity contribution is 5.88. The Morgan fingerprint density at radius 3 is 2.22 bits per heavy atom. The van der Waals surface area contributed by atoms with Crippen LogP contribution < -0.4 is 5.32 Å². The fourth-order valence-corrected chi connectivity index (χ4v) is 2.61. The van der Waals surface area contributed by atoms with Gasteiger partial charge in [-0.15, -0.1) is 0 Å². The molecule has 2 aromatic carbocycles. The van der Waals surface area contributed by atoms with Crippen LogP contribution in [0.2, 0.25) is 0 Å². The van der Waals surface area contributed by atoms with Crippen LogP contribution >= 0.6 is 0 Å². The molecule has 0 unspecified atom stereocenters. The molecule has 0 aliphatic rings. The van der Waals surface area contributed by atoms with Crippen LogP contribution in [-0.2, 0) is 32.1 Å². The van der Waals surface area contributed by atoms with Gasteiger partial charge in [-0.25, -0.2) is 0 Å². The van der Waals surface area contributed by atoms with Crippen molar-refractivity contribution in [3.63, 3.8) is 0 Å². The van der Waals surface area contributed by atoms with Gasteiger partial charge in [0.1, 0.15) is 0 Å². The Bertz CT molecular complexity index is 788. The molecule has 0 aliphatic carbocycles. The van der Waals surface area contributed by atoms with Gasteiger partial charge in [0, 0.05) is 26.2 Å². The summed E-state index contributed by atoms with van der Waals surface area (Å²) < 4.78 is 5.27. The number of ether oxygens (including phenoxy) is 1. The summed E-state index contributed by atoms with van der Waals surface area (Å²) in [5.74, 6) is -0.890. The Hall–Kier alpha value is -3.15. The SMILES string of the molecule is CC(=O)Nc1ccc(CC(=O)O[C@@H](C)C(=O)N(C)Cc2ccccc2)cc1. The van der Waals surface area contributed by atoms with Gasteiger partial charge in [0.2, 0.25) is 5.91 Å². The Kier molecular flexibility index (Phi) is 7.11. The zero-order valence-corrected chi connectivity index (χ0v) is 15.8. The van der Waals surface area contributed by atoms with Crippen LogP contribution in [-0.4, -0.2) is 35.8 Å². The monoisotopic (exact) mass is 368 g/mol. The number of hydrogen-bond acceptors (Lipinski definition) is 4. The summed E-state index contributed by atoms with van der Waals surface area (Å²) in [6.45, 7) is 3.45. The second kappa shape index (κ2) is 9.52. The van der Waals surface area contributed by atoms with Gasteiger partial charge >= 0.3 is 5.97 Å². The van der Waals surface area contributed by atoms with Crippen LogP contribution in [0.5, 0.6) is 0 Å². The smallest absolute Gasteiger partial charge is 0.311 e. The number of likely N-dealkylation sites (N-methyl/N-ethyl adjacent to an activating group) is 1. The van der Waals surface area contributed by atoms with Crippen LogP contribution in [0.15, 0.2) is 54.6 Å². The molecule has 142 valence electrons. The highest BCUT2D eigenvalue weighted by Crippen LogP contribution is 2.11. The maximum absolute atomic E-state index is 12.4. The number of carbonyl (C=O) groups is 3. The number of amides is 2. The fourth-order valence-electron chi connectivity index (χ4n) is 2.61. The summed E-state index contributed by atoms with van der Waals surface area (Å²) in [6, 6.07) is 16.5. The first kappa shape index (κ1) is 20.2. The van der Waals surface area contributed by atoms with Gasteiger partial charge in [-0.3, -0.25) is 14.4 Å². The largest absolute Gasteiger partial charge is 0.452 e. The number of benzene rings is 2. The molecule has 0 fully saturated rings. The summed E-state index contributed by atoms with van der Waals surface area (Å²) in [6.07, 6.45) is -0.801. The third kappa shape index (κ3) is 6.58. The van der Waals surface area contributed by atoms with Crippen LogP contribution in [0.1, 0.15) is 25.0 Å². The quantitative estimate of drug-likeness (QED) is 0.763. The average molecular weight is 368 g/mol. The van der Waals surface area contributed by atoms with Crippen molar-refractivity contribution in [1.82, 2.24) is 4.90 Å². The van der Waals surface area contributed by atoms with Crippen LogP contribution in [0.4, 0.5) is 5.69 Å². The highest BCUT2D eigenvalue weighted by atomic mass is 16.5. The number of rotatable bonds is 7. The van der Waals surface area contributed by atoms with Gasteiger partial charge in [-0.05, 0) is 30.2 Å². The molecule has 0 aliphatic heterocycles. The van der Waals surface area contributed by atoms with Crippen molar-refractivity contribution < 1.29 is 19.1 Å². The van der Waals surface area contributed by atoms with E-state index in [0.717, 1.165) is 11.1 Å². The van der Waals surface area contributed by atoms with Crippen molar-refractivity contribution >= 4 is 23.5 Å². The zero-order valence-electron chi connectivity index (χ0n) is 15.8. The van der Waals surface area contributed by atoms with Gasteiger partial charge in [0.05, 0.1) is 6.42 Å². The predicted octanol–water partition coefficient (Wildman–Crippen LogP) is 2.78. The van der Waals surface area contributed by atoms with Gasteiger partial charge in [-0.1, -0.05) is 42.5 Å². The predicted molar refractivity (Wildman–Crippen MR) is 103 cm³/mol. The summed E-state index contributed by atoms with van der Waals surface area (Å²) in [5.41, 5.74) is 2.41. The first-order valence-electron chi connectivity index (χ1n) is 8.70. The fraction of sp³-hybridized carbons (Fsp3) is 0.286. The molecule has 0 radical (unpaired) electrons. The second-order valence-electron chi connectivity index (χ2n) is 6.37. The third-order valence-corrected chi connectivity index (χ3v) is 3.92. The molecule has 2 aromatic rings. The van der Waals surface area contributed by atoms with Gasteiger partial charge in [0.25, 0.3) is 5.91 Å². The number of nitrogens with one attached hydrogen (secondary N) is 1. The highest BCUT2D eigenvalue weighted by Gasteiger charge is 2.21. The summed E-state index contributed by atoms with van der Waals surface area (Å²) in [5, 5.41) is 2.66. The van der Waals surface area contributed by atoms with E-state index in [-0.39, 0.29) is 18.2 Å². The van der Waals surface area contributed by atoms with Gasteiger partial charge in [0.15, 0.2) is 6.10 Å². The van der Waals surface area contributed by atoms with E-state index >= 15 is 0 Å². The first-order chi connectivity index (χ1) is 12.8. The lowest BCUT2D eigenvalue weighted by Gasteiger charge is -2.21. The van der Waals surface area contributed by atoms with E-state index < -0.39 is 12.1 Å². The van der Waals surface area contributed by atoms with Crippen molar-refractivity contribution in [2.24, 2.45) is 0 Å². The van der Waals surface area contributed by atoms with E-state index in [1.54, 1.807) is 38.2 Å². The molecule has 27 heavy (non-hydrogen) atoms. The molecule has 2 amide bonds. The Morgan fingerprint density at radius 2 is 1.63 bits per heavy atom. The molecule has 0 bridgehead atoms. The lowest BCUT2D eigenvalue weighted by atomic mass is 10.1. The maximum atomic E-state index is 12.4. The molecular formula is C21H24N2O4. The summed E-state index contributed by atoms with van der Waals surface area (Å²) in [7, 11) is 1.68. The molecule has 0 heterocycles. The van der Waals surface area contributed by atoms with Crippen molar-refractivity contribution in [3.05, 3.63) is 65.7 Å². The molecule has 6 nitrogen and oxygen atoms in total. The van der Waals surface area contributed by atoms with E-state index in [0.29, 0.717) is 12.2 Å². The first-order valence-corrected chi connectivity index (χ1v) is 8.70. The minimum absolute atomic E-state index is 0.0559. The van der Waals surface area contributed by atoms with E-state index in [2.05, 4.69) is 5.32 Å². The minimum atomic E-state index is -0.857. The molecule has 0 aromatic heterocycles. The standard InChI is InChI=1S/C21H24N2O4/c1-15(21(26)23(3)14-18-7-5-4-6-8-18)27-20(25)13-17-9-11-19(12-10-17)22-16(2)24/h4-12,15H,13-14H2,1-3H3,(H,22,24)/t15-/m0/s1. The van der Waals surface area contributed by atoms with Gasteiger partial charge in [-0.2, -0.15) is 0 Å². The number of anilines is 1. The molecule has 0 spiro atoms. The molecule has 2 rings (SSSR count). The van der Waals surface area contributed by atoms with Crippen LogP contribution in [0.3, 0.4) is 0 Å². The number of carbonyl (C=O) groups excluding carboxylic acids is 3. The number of esters is 1. The normalized spacial score (nSPS) is 11.4. The maximum Gasteiger partial charge on any atom is 0.311 e. The van der Waals surface area contributed by atoms with E-state index in [9.17, 15) is 14.4 Å². The second-order valence-corrected chi connectivity index (χ2v) is 6.37. The molecular weight excluding hydrogens is 344 g/mol. The Balaban J connectivity index is 1.85. The van der Waals surface area contributed by atoms with Crippen molar-refractivity contribution in [3.8, 4) is 0 Å². The van der Waals surface area contributed by atoms with Crippen molar-refractivity contribution in [1.29, 1.82) is 0 Å². The van der Waals surface area contributed by atoms with Crippen molar-refractivity contribution in [2.75, 3.05) is 12.4 Å². The molecule has 0 saturated heterocycles. The third-order valence-electron chi connectivity index (χ3n) is 3.92. The molecule has 6 heteroatoms. The van der Waals surface area contributed by atoms with Crippen LogP contribution in [0, 0.1) is 0 Å². The molecule has 1 atom stereocenters. The lowest BCUT2D eigenvalue weighted by molar-refractivity contribution is -0.158. The zero-order chi connectivity index (χ0) is 19.8. The topological polar surface area (TPSA) is 75.7 Å². The molecule has 1 N–H and O–H groups in total. The van der Waals surface area contributed by atoms with E-state index in [1.807, 2.05) is 30.3 Å². The van der Waals surface area contributed by atoms with E-state index in [1.165, 1.54) is 11.8 Å². The Labute approximate surface area is 159 Å². The van der Waals surface area contributed by atoms with Gasteiger partial charge < -0.3 is 15.0 Å². The number of nitrogens with zero attached hydrogens (tertiary/aromatic N) is 1. The average Bonchev–Trinajstić information content (AvgIpc) is 2.63. The summed E-state index contributed by atoms with van der Waals surface area (Å²) in [4.78, 5) is 37.0. The Morgan fingerprint density at radius 1 is 1.00 bits per heavy atom. The lowest BCUT2D eigenvalue weighted by Crippen LogP contribution is -2.37. The molecule has 0 saturated carbocycles. The minimum Gasteiger partial charge on any atom is -0.452 e. The van der Waals surface area contributed by atoms with Crippen molar-refractivity contribution in [2.45, 2.75) is 32.9 Å². The van der Waals surface area contributed by atoms with E-state index in [4.69, 9.17) is 4.74 Å².